The van der Waals surface area contributed by atoms with Gasteiger partial charge in [-0.25, -0.2) is 0 Å². The SMILES string of the molecule is N#Cc1cc(C#N)cc([P+](=O)Cl)c1. The molecule has 0 aromatic heterocycles. The molecular formula is C8H3ClN2OP+. The zero-order valence-corrected chi connectivity index (χ0v) is 8.01. The molecule has 0 aliphatic rings. The molecule has 3 nitrogen and oxygen atoms in total. The van der Waals surface area contributed by atoms with Crippen molar-refractivity contribution in [1.29, 1.82) is 10.5 Å². The fraction of sp³-hybridized carbons (Fsp3) is 0. The summed E-state index contributed by atoms with van der Waals surface area (Å²) in [5, 5.41) is 17.4. The summed E-state index contributed by atoms with van der Waals surface area (Å²) in [5.41, 5.74) is 0.580. The van der Waals surface area contributed by atoms with Crippen LogP contribution in [0, 0.1) is 22.7 Å². The maximum Gasteiger partial charge on any atom is 0.494 e. The molecule has 0 heterocycles. The van der Waals surface area contributed by atoms with Crippen LogP contribution in [0.2, 0.25) is 0 Å². The summed E-state index contributed by atoms with van der Waals surface area (Å²) in [6, 6.07) is 7.95. The van der Waals surface area contributed by atoms with Crippen LogP contribution in [0.15, 0.2) is 18.2 Å². The third-order valence-electron chi connectivity index (χ3n) is 1.38. The Morgan fingerprint density at radius 2 is 1.62 bits per heavy atom. The smallest absolute Gasteiger partial charge is 0.192 e. The van der Waals surface area contributed by atoms with Crippen molar-refractivity contribution in [3.8, 4) is 12.1 Å². The molecule has 1 aromatic rings. The molecule has 0 saturated carbocycles. The summed E-state index contributed by atoms with van der Waals surface area (Å²) in [6.45, 7) is 0. The summed E-state index contributed by atoms with van der Waals surface area (Å²) < 4.78 is 10.9. The van der Waals surface area contributed by atoms with Gasteiger partial charge in [-0.05, 0) is 10.6 Å². The molecular weight excluding hydrogens is 207 g/mol. The molecule has 1 atom stereocenters. The van der Waals surface area contributed by atoms with Gasteiger partial charge in [0.25, 0.3) is 0 Å². The van der Waals surface area contributed by atoms with E-state index in [1.807, 2.05) is 12.1 Å². The van der Waals surface area contributed by atoms with E-state index in [2.05, 4.69) is 0 Å². The average Bonchev–Trinajstić information content (AvgIpc) is 2.16. The number of nitriles is 2. The predicted molar refractivity (Wildman–Crippen MR) is 49.0 cm³/mol. The van der Waals surface area contributed by atoms with Gasteiger partial charge in [0.2, 0.25) is 16.5 Å². The quantitative estimate of drug-likeness (QED) is 0.665. The fourth-order valence-corrected chi connectivity index (χ4v) is 1.62. The van der Waals surface area contributed by atoms with E-state index in [1.165, 1.54) is 18.2 Å². The van der Waals surface area contributed by atoms with Gasteiger partial charge in [0, 0.05) is 12.1 Å². The van der Waals surface area contributed by atoms with Crippen molar-refractivity contribution in [2.45, 2.75) is 0 Å². The van der Waals surface area contributed by atoms with Gasteiger partial charge in [-0.3, -0.25) is 0 Å². The molecule has 1 rings (SSSR count). The standard InChI is InChI=1S/C8H3ClN2OP/c9-13(12)8-2-6(4-10)1-7(3-8)5-11/h1-3H/q+1. The predicted octanol–water partition coefficient (Wildman–Crippen LogP) is 2.04. The molecule has 0 N–H and O–H groups in total. The first-order valence-electron chi connectivity index (χ1n) is 3.25. The highest BCUT2D eigenvalue weighted by Gasteiger charge is 2.18. The molecule has 0 aliphatic carbocycles. The summed E-state index contributed by atoms with van der Waals surface area (Å²) in [7, 11) is -2.02. The van der Waals surface area contributed by atoms with Crippen LogP contribution in [0.1, 0.15) is 11.1 Å². The summed E-state index contributed by atoms with van der Waals surface area (Å²) in [4.78, 5) is 0. The first kappa shape index (κ1) is 9.68. The molecule has 5 heteroatoms. The van der Waals surface area contributed by atoms with Crippen molar-refractivity contribution in [3.05, 3.63) is 29.3 Å². The maximum atomic E-state index is 10.9. The molecule has 1 unspecified atom stereocenters. The van der Waals surface area contributed by atoms with E-state index in [0.717, 1.165) is 0 Å². The molecule has 0 radical (unpaired) electrons. The van der Waals surface area contributed by atoms with Gasteiger partial charge in [0.15, 0.2) is 0 Å². The summed E-state index contributed by atoms with van der Waals surface area (Å²) >= 11 is 5.35. The molecule has 0 amide bonds. The molecule has 62 valence electrons. The first-order chi connectivity index (χ1) is 6.17. The first-order valence-corrected chi connectivity index (χ1v) is 5.42. The Bertz CT molecular complexity index is 412. The minimum absolute atomic E-state index is 0.290. The number of nitrogens with zero attached hydrogens (tertiary/aromatic N) is 2. The van der Waals surface area contributed by atoms with E-state index in [-0.39, 0.29) is 11.1 Å². The second-order valence-electron chi connectivity index (χ2n) is 2.24. The van der Waals surface area contributed by atoms with E-state index in [0.29, 0.717) is 5.30 Å². The van der Waals surface area contributed by atoms with Crippen LogP contribution in [0.5, 0.6) is 0 Å². The van der Waals surface area contributed by atoms with Gasteiger partial charge in [-0.15, -0.1) is 0 Å². The lowest BCUT2D eigenvalue weighted by atomic mass is 10.1. The zero-order valence-electron chi connectivity index (χ0n) is 6.36. The van der Waals surface area contributed by atoms with Crippen LogP contribution < -0.4 is 5.30 Å². The van der Waals surface area contributed by atoms with Crippen LogP contribution in [0.25, 0.3) is 0 Å². The number of hydrogen-bond acceptors (Lipinski definition) is 3. The van der Waals surface area contributed by atoms with Gasteiger partial charge in [0.05, 0.1) is 23.3 Å². The number of halogens is 1. The molecule has 0 aliphatic heterocycles. The van der Waals surface area contributed by atoms with Crippen molar-refractivity contribution in [2.24, 2.45) is 0 Å². The largest absolute Gasteiger partial charge is 0.494 e. The van der Waals surface area contributed by atoms with Crippen molar-refractivity contribution in [1.82, 2.24) is 0 Å². The third kappa shape index (κ3) is 2.26. The summed E-state index contributed by atoms with van der Waals surface area (Å²) in [6.07, 6.45) is 0. The van der Waals surface area contributed by atoms with Crippen molar-refractivity contribution >= 4 is 23.7 Å². The number of benzene rings is 1. The molecule has 0 saturated heterocycles. The Morgan fingerprint density at radius 1 is 1.15 bits per heavy atom. The monoisotopic (exact) mass is 209 g/mol. The highest BCUT2D eigenvalue weighted by molar-refractivity contribution is 7.80. The van der Waals surface area contributed by atoms with Crippen LogP contribution in [0.3, 0.4) is 0 Å². The van der Waals surface area contributed by atoms with E-state index in [1.54, 1.807) is 0 Å². The number of rotatable bonds is 1. The summed E-state index contributed by atoms with van der Waals surface area (Å²) in [5.74, 6) is 0. The van der Waals surface area contributed by atoms with E-state index in [9.17, 15) is 4.57 Å². The minimum atomic E-state index is -2.02. The van der Waals surface area contributed by atoms with Crippen molar-refractivity contribution in [2.75, 3.05) is 0 Å². The Hall–Kier alpha value is -1.41. The Morgan fingerprint density at radius 3 is 1.92 bits per heavy atom. The average molecular weight is 210 g/mol. The fourth-order valence-electron chi connectivity index (χ4n) is 0.842. The third-order valence-corrected chi connectivity index (χ3v) is 2.63. The Kier molecular flexibility index (Phi) is 2.98. The van der Waals surface area contributed by atoms with Crippen LogP contribution in [-0.2, 0) is 4.57 Å². The second-order valence-corrected chi connectivity index (χ2v) is 4.16. The maximum absolute atomic E-state index is 10.9. The van der Waals surface area contributed by atoms with E-state index >= 15 is 0 Å². The van der Waals surface area contributed by atoms with Gasteiger partial charge >= 0.3 is 7.15 Å². The molecule has 1 aromatic carbocycles. The van der Waals surface area contributed by atoms with Crippen molar-refractivity contribution in [3.63, 3.8) is 0 Å². The Balaban J connectivity index is 3.35. The second kappa shape index (κ2) is 4.01. The normalized spacial score (nSPS) is 9.92. The van der Waals surface area contributed by atoms with E-state index < -0.39 is 7.15 Å². The number of hydrogen-bond donors (Lipinski definition) is 0. The highest BCUT2D eigenvalue weighted by atomic mass is 35.7. The van der Waals surface area contributed by atoms with Gasteiger partial charge in [-0.2, -0.15) is 10.5 Å². The van der Waals surface area contributed by atoms with Gasteiger partial charge in [0.1, 0.15) is 0 Å². The van der Waals surface area contributed by atoms with Crippen molar-refractivity contribution < 1.29 is 4.57 Å². The molecule has 0 fully saturated rings. The topological polar surface area (TPSA) is 64.7 Å². The minimum Gasteiger partial charge on any atom is -0.192 e. The lowest BCUT2D eigenvalue weighted by Gasteiger charge is -1.88. The zero-order chi connectivity index (χ0) is 9.84. The van der Waals surface area contributed by atoms with E-state index in [4.69, 9.17) is 21.8 Å². The van der Waals surface area contributed by atoms with Crippen LogP contribution >= 0.6 is 18.4 Å². The lowest BCUT2D eigenvalue weighted by Crippen LogP contribution is -1.96. The Labute approximate surface area is 80.7 Å². The van der Waals surface area contributed by atoms with Crippen LogP contribution in [-0.4, -0.2) is 0 Å². The molecule has 0 spiro atoms. The molecule has 13 heavy (non-hydrogen) atoms. The lowest BCUT2D eigenvalue weighted by molar-refractivity contribution is 0.600. The van der Waals surface area contributed by atoms with Gasteiger partial charge < -0.3 is 0 Å². The highest BCUT2D eigenvalue weighted by Crippen LogP contribution is 2.26. The van der Waals surface area contributed by atoms with Crippen LogP contribution in [0.4, 0.5) is 0 Å². The molecule has 0 bridgehead atoms. The van der Waals surface area contributed by atoms with Gasteiger partial charge in [-0.1, -0.05) is 0 Å².